The number of nitrogens with zero attached hydrogens (tertiary/aromatic N) is 2. The summed E-state index contributed by atoms with van der Waals surface area (Å²) in [6.45, 7) is 1.35. The third kappa shape index (κ3) is 5.47. The molecular weight excluding hydrogens is 491 g/mol. The summed E-state index contributed by atoms with van der Waals surface area (Å²) in [6, 6.07) is 12.3. The van der Waals surface area contributed by atoms with Crippen LogP contribution in [0, 0.1) is 17.7 Å². The van der Waals surface area contributed by atoms with E-state index in [4.69, 9.17) is 11.6 Å². The Hall–Kier alpha value is -3.01. The van der Waals surface area contributed by atoms with E-state index in [2.05, 4.69) is 10.6 Å². The van der Waals surface area contributed by atoms with E-state index in [0.29, 0.717) is 33.9 Å². The van der Waals surface area contributed by atoms with E-state index < -0.39 is 5.82 Å². The van der Waals surface area contributed by atoms with Gasteiger partial charge in [-0.3, -0.25) is 23.9 Å². The molecule has 0 spiro atoms. The van der Waals surface area contributed by atoms with Gasteiger partial charge in [0.15, 0.2) is 0 Å². The van der Waals surface area contributed by atoms with E-state index in [1.165, 1.54) is 34.1 Å². The molecule has 2 aliphatic rings. The molecule has 0 radical (unpaired) electrons. The number of carbonyl (C=O) groups is 2. The van der Waals surface area contributed by atoms with Gasteiger partial charge in [-0.25, -0.2) is 4.39 Å². The number of thiophene rings is 1. The first-order chi connectivity index (χ1) is 16.9. The highest BCUT2D eigenvalue weighted by molar-refractivity contribution is 7.18. The van der Waals surface area contributed by atoms with Crippen LogP contribution in [0.5, 0.6) is 0 Å². The van der Waals surface area contributed by atoms with Crippen molar-refractivity contribution in [3.05, 3.63) is 80.1 Å². The molecular formula is C25H24ClFN4O3S. The van der Waals surface area contributed by atoms with Crippen molar-refractivity contribution >= 4 is 40.4 Å². The molecule has 0 unspecified atom stereocenters. The molecule has 2 amide bonds. The molecule has 1 saturated heterocycles. The highest BCUT2D eigenvalue weighted by Gasteiger charge is 2.43. The maximum atomic E-state index is 14.7. The van der Waals surface area contributed by atoms with Crippen molar-refractivity contribution in [2.24, 2.45) is 11.8 Å². The summed E-state index contributed by atoms with van der Waals surface area (Å²) >= 11 is 7.20. The van der Waals surface area contributed by atoms with Gasteiger partial charge in [0.25, 0.3) is 11.5 Å². The van der Waals surface area contributed by atoms with Crippen LogP contribution in [0.25, 0.3) is 5.69 Å². The fourth-order valence-corrected chi connectivity index (χ4v) is 5.61. The Bertz CT molecular complexity index is 1320. The van der Waals surface area contributed by atoms with Gasteiger partial charge in [0, 0.05) is 37.5 Å². The molecule has 35 heavy (non-hydrogen) atoms. The minimum absolute atomic E-state index is 0.0520. The van der Waals surface area contributed by atoms with Crippen LogP contribution in [0.3, 0.4) is 0 Å². The minimum Gasteiger partial charge on any atom is -0.347 e. The SMILES string of the molecule is O=C(CN1C[C@H](NC(=O)c2ccc(Cl)s2)[C@@H](C2CC2)C1)Nc1ccc(-n2ccccc2=O)cc1F. The molecule has 7 nitrogen and oxygen atoms in total. The van der Waals surface area contributed by atoms with E-state index in [1.807, 2.05) is 4.90 Å². The van der Waals surface area contributed by atoms with E-state index in [1.54, 1.807) is 36.5 Å². The number of aromatic nitrogens is 1. The zero-order valence-electron chi connectivity index (χ0n) is 18.7. The summed E-state index contributed by atoms with van der Waals surface area (Å²) in [5, 5.41) is 5.75. The van der Waals surface area contributed by atoms with E-state index >= 15 is 0 Å². The lowest BCUT2D eigenvalue weighted by Crippen LogP contribution is -2.41. The number of nitrogens with one attached hydrogen (secondary N) is 2. The molecule has 2 fully saturated rings. The number of likely N-dealkylation sites (tertiary alicyclic amines) is 1. The van der Waals surface area contributed by atoms with Crippen molar-refractivity contribution in [2.75, 3.05) is 25.0 Å². The quantitative estimate of drug-likeness (QED) is 0.503. The van der Waals surface area contributed by atoms with Gasteiger partial charge in [-0.15, -0.1) is 11.3 Å². The van der Waals surface area contributed by atoms with Gasteiger partial charge >= 0.3 is 0 Å². The van der Waals surface area contributed by atoms with E-state index in [-0.39, 0.29) is 41.6 Å². The largest absolute Gasteiger partial charge is 0.347 e. The Labute approximate surface area is 210 Å². The fourth-order valence-electron chi connectivity index (χ4n) is 4.66. The first-order valence-electron chi connectivity index (χ1n) is 11.4. The van der Waals surface area contributed by atoms with Crippen LogP contribution in [-0.4, -0.2) is 47.0 Å². The molecule has 1 saturated carbocycles. The topological polar surface area (TPSA) is 83.4 Å². The second-order valence-electron chi connectivity index (χ2n) is 9.00. The summed E-state index contributed by atoms with van der Waals surface area (Å²) in [4.78, 5) is 39.9. The van der Waals surface area contributed by atoms with E-state index in [0.717, 1.165) is 12.8 Å². The van der Waals surface area contributed by atoms with Gasteiger partial charge in [-0.1, -0.05) is 17.7 Å². The molecule has 1 aliphatic carbocycles. The number of halogens is 2. The van der Waals surface area contributed by atoms with Gasteiger partial charge in [-0.05, 0) is 55.0 Å². The highest BCUT2D eigenvalue weighted by Crippen LogP contribution is 2.41. The molecule has 2 aromatic heterocycles. The van der Waals surface area contributed by atoms with Crippen molar-refractivity contribution in [3.8, 4) is 5.69 Å². The number of carbonyl (C=O) groups excluding carboxylic acids is 2. The van der Waals surface area contributed by atoms with Crippen LogP contribution in [0.4, 0.5) is 10.1 Å². The summed E-state index contributed by atoms with van der Waals surface area (Å²) in [7, 11) is 0. The lowest BCUT2D eigenvalue weighted by Gasteiger charge is -2.19. The van der Waals surface area contributed by atoms with Gasteiger partial charge in [0.1, 0.15) is 5.82 Å². The van der Waals surface area contributed by atoms with Crippen LogP contribution in [-0.2, 0) is 4.79 Å². The first-order valence-corrected chi connectivity index (χ1v) is 12.6. The predicted octanol–water partition coefficient (Wildman–Crippen LogP) is 3.77. The highest BCUT2D eigenvalue weighted by atomic mass is 35.5. The summed E-state index contributed by atoms with van der Waals surface area (Å²) in [5.74, 6) is -0.277. The second kappa shape index (κ2) is 9.93. The van der Waals surface area contributed by atoms with Crippen molar-refractivity contribution < 1.29 is 14.0 Å². The Morgan fingerprint density at radius 3 is 2.63 bits per heavy atom. The van der Waals surface area contributed by atoms with Crippen molar-refractivity contribution in [3.63, 3.8) is 0 Å². The second-order valence-corrected chi connectivity index (χ2v) is 10.7. The third-order valence-electron chi connectivity index (χ3n) is 6.48. The van der Waals surface area contributed by atoms with Gasteiger partial charge < -0.3 is 10.6 Å². The molecule has 3 heterocycles. The van der Waals surface area contributed by atoms with E-state index in [9.17, 15) is 18.8 Å². The maximum absolute atomic E-state index is 14.7. The number of hydrogen-bond acceptors (Lipinski definition) is 5. The lowest BCUT2D eigenvalue weighted by molar-refractivity contribution is -0.117. The molecule has 2 atom stereocenters. The number of rotatable bonds is 7. The summed E-state index contributed by atoms with van der Waals surface area (Å²) in [5.41, 5.74) is 0.162. The normalized spacial score (nSPS) is 20.1. The predicted molar refractivity (Wildman–Crippen MR) is 134 cm³/mol. The van der Waals surface area contributed by atoms with Crippen LogP contribution in [0.15, 0.2) is 59.5 Å². The maximum Gasteiger partial charge on any atom is 0.261 e. The Balaban J connectivity index is 1.21. The number of benzene rings is 1. The fraction of sp³-hybridized carbons (Fsp3) is 0.320. The van der Waals surface area contributed by atoms with Crippen LogP contribution >= 0.6 is 22.9 Å². The van der Waals surface area contributed by atoms with Crippen molar-refractivity contribution in [1.29, 1.82) is 0 Å². The molecule has 3 aromatic rings. The Morgan fingerprint density at radius 2 is 1.94 bits per heavy atom. The summed E-state index contributed by atoms with van der Waals surface area (Å²) < 4.78 is 16.6. The van der Waals surface area contributed by atoms with Gasteiger partial charge in [-0.2, -0.15) is 0 Å². The molecule has 5 rings (SSSR count). The van der Waals surface area contributed by atoms with Crippen molar-refractivity contribution in [2.45, 2.75) is 18.9 Å². The average molecular weight is 515 g/mol. The number of hydrogen-bond donors (Lipinski definition) is 2. The molecule has 1 aromatic carbocycles. The zero-order valence-corrected chi connectivity index (χ0v) is 20.3. The molecule has 0 bridgehead atoms. The van der Waals surface area contributed by atoms with Crippen LogP contribution < -0.4 is 16.2 Å². The Kier molecular flexibility index (Phi) is 6.73. The molecule has 10 heteroatoms. The van der Waals surface area contributed by atoms with Gasteiger partial charge in [0.05, 0.1) is 27.1 Å². The first kappa shape index (κ1) is 23.7. The van der Waals surface area contributed by atoms with Crippen LogP contribution in [0.2, 0.25) is 4.34 Å². The number of pyridine rings is 1. The Morgan fingerprint density at radius 1 is 1.11 bits per heavy atom. The van der Waals surface area contributed by atoms with Crippen LogP contribution in [0.1, 0.15) is 22.5 Å². The molecule has 2 N–H and O–H groups in total. The number of amides is 2. The van der Waals surface area contributed by atoms with Gasteiger partial charge in [0.2, 0.25) is 5.91 Å². The monoisotopic (exact) mass is 514 g/mol. The third-order valence-corrected chi connectivity index (χ3v) is 7.71. The molecule has 182 valence electrons. The molecule has 1 aliphatic heterocycles. The zero-order chi connectivity index (χ0) is 24.5. The average Bonchev–Trinajstić information content (AvgIpc) is 3.46. The lowest BCUT2D eigenvalue weighted by atomic mass is 9.98. The minimum atomic E-state index is -0.622. The number of anilines is 1. The smallest absolute Gasteiger partial charge is 0.261 e. The van der Waals surface area contributed by atoms with Crippen molar-refractivity contribution in [1.82, 2.24) is 14.8 Å². The standard InChI is InChI=1S/C25H24ClFN4O3S/c26-22-9-8-21(35-22)25(34)29-20-13-30(12-17(20)15-4-5-15)14-23(32)28-19-7-6-16(11-18(19)27)31-10-2-1-3-24(31)33/h1-3,6-11,15,17,20H,4-5,12-14H2,(H,28,32)(H,29,34)/t17-,20+/m1/s1. The summed E-state index contributed by atoms with van der Waals surface area (Å²) in [6.07, 6.45) is 3.81.